The fourth-order valence-corrected chi connectivity index (χ4v) is 3.96. The molecule has 1 aliphatic rings. The Kier molecular flexibility index (Phi) is 7.54. The first-order valence-electron chi connectivity index (χ1n) is 10.6. The number of benzene rings is 2. The average Bonchev–Trinajstić information content (AvgIpc) is 2.73. The summed E-state index contributed by atoms with van der Waals surface area (Å²) in [6.07, 6.45) is 9.21. The van der Waals surface area contributed by atoms with Crippen LogP contribution in [0.3, 0.4) is 0 Å². The van der Waals surface area contributed by atoms with Gasteiger partial charge in [-0.25, -0.2) is 13.2 Å². The Hall–Kier alpha value is -2.07. The van der Waals surface area contributed by atoms with Crippen LogP contribution in [0.2, 0.25) is 0 Å². The van der Waals surface area contributed by atoms with Gasteiger partial charge in [0.05, 0.1) is 12.7 Å². The number of halogens is 3. The molecule has 2 unspecified atom stereocenters. The second-order valence-electron chi connectivity index (χ2n) is 7.77. The van der Waals surface area contributed by atoms with Crippen molar-refractivity contribution in [1.29, 1.82) is 0 Å². The van der Waals surface area contributed by atoms with Crippen molar-refractivity contribution in [3.8, 4) is 11.1 Å². The Labute approximate surface area is 171 Å². The van der Waals surface area contributed by atoms with E-state index < -0.39 is 17.5 Å². The minimum Gasteiger partial charge on any atom is -0.374 e. The summed E-state index contributed by atoms with van der Waals surface area (Å²) >= 11 is 0. The largest absolute Gasteiger partial charge is 0.374 e. The van der Waals surface area contributed by atoms with Gasteiger partial charge in [-0.1, -0.05) is 56.2 Å². The molecule has 0 aromatic heterocycles. The van der Waals surface area contributed by atoms with E-state index >= 15 is 0 Å². The molecule has 1 fully saturated rings. The molecule has 2 aromatic carbocycles. The summed E-state index contributed by atoms with van der Waals surface area (Å²) < 4.78 is 49.7. The van der Waals surface area contributed by atoms with Crippen LogP contribution >= 0.6 is 0 Å². The average molecular weight is 403 g/mol. The predicted octanol–water partition coefficient (Wildman–Crippen LogP) is 7.34. The maximum Gasteiger partial charge on any atom is 0.167 e. The normalized spacial score (nSPS) is 19.8. The summed E-state index contributed by atoms with van der Waals surface area (Å²) in [6, 6.07) is 7.86. The molecule has 0 aliphatic carbocycles. The van der Waals surface area contributed by atoms with E-state index in [0.717, 1.165) is 37.7 Å². The molecule has 1 heterocycles. The van der Waals surface area contributed by atoms with Crippen molar-refractivity contribution >= 4 is 0 Å². The van der Waals surface area contributed by atoms with E-state index in [0.29, 0.717) is 18.6 Å². The molecular weight excluding hydrogens is 373 g/mol. The van der Waals surface area contributed by atoms with Crippen molar-refractivity contribution in [2.75, 3.05) is 6.61 Å². The molecular formula is C25H29F3O. The van der Waals surface area contributed by atoms with Crippen molar-refractivity contribution in [2.24, 2.45) is 0 Å². The molecule has 29 heavy (non-hydrogen) atoms. The highest BCUT2D eigenvalue weighted by atomic mass is 19.2. The topological polar surface area (TPSA) is 9.23 Å². The van der Waals surface area contributed by atoms with Gasteiger partial charge >= 0.3 is 0 Å². The van der Waals surface area contributed by atoms with Crippen molar-refractivity contribution in [3.63, 3.8) is 0 Å². The molecule has 4 heteroatoms. The van der Waals surface area contributed by atoms with Crippen LogP contribution in [0.25, 0.3) is 11.1 Å². The Bertz CT molecular complexity index is 851. The molecule has 0 radical (unpaired) electrons. The first-order valence-corrected chi connectivity index (χ1v) is 10.6. The quantitative estimate of drug-likeness (QED) is 0.348. The number of unbranched alkanes of at least 4 members (excludes halogenated alkanes) is 2. The van der Waals surface area contributed by atoms with E-state index in [4.69, 9.17) is 4.74 Å². The summed E-state index contributed by atoms with van der Waals surface area (Å²) in [5.41, 5.74) is 1.25. The van der Waals surface area contributed by atoms with Gasteiger partial charge in [0.1, 0.15) is 5.82 Å². The Balaban J connectivity index is 1.78. The monoisotopic (exact) mass is 402 g/mol. The number of hydrogen-bond acceptors (Lipinski definition) is 1. The molecule has 1 saturated heterocycles. The number of rotatable bonds is 7. The predicted molar refractivity (Wildman–Crippen MR) is 112 cm³/mol. The van der Waals surface area contributed by atoms with Crippen LogP contribution in [-0.4, -0.2) is 12.7 Å². The smallest absolute Gasteiger partial charge is 0.167 e. The van der Waals surface area contributed by atoms with Crippen LogP contribution in [0, 0.1) is 17.5 Å². The van der Waals surface area contributed by atoms with E-state index in [-0.39, 0.29) is 23.1 Å². The lowest BCUT2D eigenvalue weighted by molar-refractivity contribution is 0.0326. The molecule has 2 aromatic rings. The standard InChI is InChI=1S/C25H29F3O/c1-3-5-6-8-17-10-14-22(25(28)24(17)27)21-13-11-18(15-23(21)26)19-9-12-20(7-4-2)29-16-19/h4,7,10-11,13-15,19-20H,3,5-6,8-9,12,16H2,1-2H3/b7-4+. The van der Waals surface area contributed by atoms with Gasteiger partial charge in [0.2, 0.25) is 0 Å². The van der Waals surface area contributed by atoms with Gasteiger partial charge in [-0.2, -0.15) is 0 Å². The van der Waals surface area contributed by atoms with Crippen LogP contribution in [0.4, 0.5) is 13.2 Å². The van der Waals surface area contributed by atoms with E-state index in [9.17, 15) is 13.2 Å². The molecule has 0 saturated carbocycles. The highest BCUT2D eigenvalue weighted by Gasteiger charge is 2.23. The van der Waals surface area contributed by atoms with Crippen molar-refractivity contribution < 1.29 is 17.9 Å². The van der Waals surface area contributed by atoms with Gasteiger partial charge < -0.3 is 4.74 Å². The summed E-state index contributed by atoms with van der Waals surface area (Å²) in [5, 5.41) is 0. The first-order chi connectivity index (χ1) is 14.0. The molecule has 3 rings (SSSR count). The van der Waals surface area contributed by atoms with Crippen molar-refractivity contribution in [1.82, 2.24) is 0 Å². The van der Waals surface area contributed by atoms with Gasteiger partial charge in [0.25, 0.3) is 0 Å². The molecule has 2 atom stereocenters. The molecule has 0 spiro atoms. The third kappa shape index (κ3) is 5.11. The van der Waals surface area contributed by atoms with Crippen LogP contribution in [0.1, 0.15) is 63.0 Å². The zero-order chi connectivity index (χ0) is 20.8. The van der Waals surface area contributed by atoms with Gasteiger partial charge in [0, 0.05) is 17.0 Å². The fourth-order valence-electron chi connectivity index (χ4n) is 3.96. The SMILES string of the molecule is C/C=C/C1CCC(c2ccc(-c3ccc(CCCCC)c(F)c3F)c(F)c2)CO1. The fraction of sp³-hybridized carbons (Fsp3) is 0.440. The third-order valence-corrected chi connectivity index (χ3v) is 5.68. The van der Waals surface area contributed by atoms with Gasteiger partial charge in [-0.3, -0.25) is 0 Å². The van der Waals surface area contributed by atoms with E-state index in [1.165, 1.54) is 12.1 Å². The first kappa shape index (κ1) is 21.6. The van der Waals surface area contributed by atoms with Crippen molar-refractivity contribution in [3.05, 3.63) is 71.1 Å². The van der Waals surface area contributed by atoms with Gasteiger partial charge in [-0.05, 0) is 49.8 Å². The second kappa shape index (κ2) is 10.1. The molecule has 0 amide bonds. The minimum atomic E-state index is -0.971. The maximum atomic E-state index is 14.8. The molecule has 1 aliphatic heterocycles. The molecule has 1 nitrogen and oxygen atoms in total. The molecule has 0 bridgehead atoms. The number of hydrogen-bond donors (Lipinski definition) is 0. The maximum absolute atomic E-state index is 14.8. The Morgan fingerprint density at radius 3 is 2.45 bits per heavy atom. The van der Waals surface area contributed by atoms with E-state index in [2.05, 4.69) is 6.92 Å². The van der Waals surface area contributed by atoms with Crippen LogP contribution in [0.15, 0.2) is 42.5 Å². The number of aryl methyl sites for hydroxylation is 1. The van der Waals surface area contributed by atoms with Gasteiger partial charge in [0.15, 0.2) is 11.6 Å². The molecule has 156 valence electrons. The van der Waals surface area contributed by atoms with Crippen LogP contribution in [0.5, 0.6) is 0 Å². The zero-order valence-corrected chi connectivity index (χ0v) is 17.2. The highest BCUT2D eigenvalue weighted by molar-refractivity contribution is 5.66. The number of allylic oxidation sites excluding steroid dienone is 1. The van der Waals surface area contributed by atoms with Gasteiger partial charge in [-0.15, -0.1) is 0 Å². The van der Waals surface area contributed by atoms with Crippen LogP contribution in [-0.2, 0) is 11.2 Å². The second-order valence-corrected chi connectivity index (χ2v) is 7.77. The summed E-state index contributed by atoms with van der Waals surface area (Å²) in [4.78, 5) is 0. The molecule has 0 N–H and O–H groups in total. The van der Waals surface area contributed by atoms with E-state index in [1.54, 1.807) is 18.2 Å². The summed E-state index contributed by atoms with van der Waals surface area (Å²) in [6.45, 7) is 4.55. The summed E-state index contributed by atoms with van der Waals surface area (Å²) in [7, 11) is 0. The highest BCUT2D eigenvalue weighted by Crippen LogP contribution is 2.34. The van der Waals surface area contributed by atoms with E-state index in [1.807, 2.05) is 19.1 Å². The lowest BCUT2D eigenvalue weighted by atomic mass is 9.89. The zero-order valence-electron chi connectivity index (χ0n) is 17.2. The Morgan fingerprint density at radius 1 is 1.00 bits per heavy atom. The lowest BCUT2D eigenvalue weighted by Gasteiger charge is -2.28. The summed E-state index contributed by atoms with van der Waals surface area (Å²) in [5.74, 6) is -2.25. The number of ether oxygens (including phenoxy) is 1. The lowest BCUT2D eigenvalue weighted by Crippen LogP contribution is -2.23. The van der Waals surface area contributed by atoms with Crippen molar-refractivity contribution in [2.45, 2.75) is 64.4 Å². The Morgan fingerprint density at radius 2 is 1.79 bits per heavy atom. The third-order valence-electron chi connectivity index (χ3n) is 5.68. The minimum absolute atomic E-state index is 0.0289. The van der Waals surface area contributed by atoms with Crippen LogP contribution < -0.4 is 0 Å².